The summed E-state index contributed by atoms with van der Waals surface area (Å²) in [7, 11) is 0. The van der Waals surface area contributed by atoms with Crippen LogP contribution < -0.4 is 9.47 Å². The Bertz CT molecular complexity index is 1150. The zero-order valence-corrected chi connectivity index (χ0v) is 14.2. The van der Waals surface area contributed by atoms with Gasteiger partial charge in [-0.1, -0.05) is 30.3 Å². The van der Waals surface area contributed by atoms with Crippen LogP contribution >= 0.6 is 11.3 Å². The molecule has 0 bridgehead atoms. The maximum Gasteiger partial charge on any atom is 0.355 e. The first kappa shape index (κ1) is 15.0. The Kier molecular flexibility index (Phi) is 3.23. The van der Waals surface area contributed by atoms with Crippen molar-refractivity contribution in [1.29, 1.82) is 0 Å². The molecule has 26 heavy (non-hydrogen) atoms. The standard InChI is InChI=1S/C19H12N2O4S/c22-18(23)17-16(11-4-2-1-3-5-11)20-19-21(17)13(9-26-19)12-6-7-14-15(8-12)25-10-24-14/h1-9H,10H2,(H,22,23). The van der Waals surface area contributed by atoms with Gasteiger partial charge in [-0.05, 0) is 18.2 Å². The fourth-order valence-corrected chi connectivity index (χ4v) is 4.01. The van der Waals surface area contributed by atoms with Crippen LogP contribution in [0.15, 0.2) is 53.9 Å². The Labute approximate surface area is 151 Å². The summed E-state index contributed by atoms with van der Waals surface area (Å²) < 4.78 is 12.5. The molecular formula is C19H12N2O4S. The lowest BCUT2D eigenvalue weighted by Gasteiger charge is -2.05. The maximum atomic E-state index is 12.0. The van der Waals surface area contributed by atoms with E-state index in [9.17, 15) is 9.90 Å². The Morgan fingerprint density at radius 3 is 2.69 bits per heavy atom. The van der Waals surface area contributed by atoms with Crippen LogP contribution in [0.4, 0.5) is 0 Å². The van der Waals surface area contributed by atoms with E-state index in [4.69, 9.17) is 9.47 Å². The SMILES string of the molecule is O=C(O)c1c(-c2ccccc2)nc2scc(-c3ccc4c(c3)OCO4)n12. The molecule has 1 N–H and O–H groups in total. The number of nitrogens with zero attached hydrogens (tertiary/aromatic N) is 2. The van der Waals surface area contributed by atoms with E-state index in [-0.39, 0.29) is 12.5 Å². The van der Waals surface area contributed by atoms with E-state index in [0.717, 1.165) is 16.8 Å². The average molecular weight is 364 g/mol. The van der Waals surface area contributed by atoms with Gasteiger partial charge in [-0.2, -0.15) is 0 Å². The van der Waals surface area contributed by atoms with Gasteiger partial charge in [0.1, 0.15) is 5.69 Å². The first-order valence-corrected chi connectivity index (χ1v) is 8.79. The third kappa shape index (κ3) is 2.18. The molecule has 1 aliphatic rings. The topological polar surface area (TPSA) is 73.1 Å². The van der Waals surface area contributed by atoms with Crippen molar-refractivity contribution in [2.24, 2.45) is 0 Å². The van der Waals surface area contributed by atoms with Crippen molar-refractivity contribution in [2.45, 2.75) is 0 Å². The normalized spacial score (nSPS) is 12.6. The van der Waals surface area contributed by atoms with Crippen molar-refractivity contribution >= 4 is 22.3 Å². The number of benzene rings is 2. The quantitative estimate of drug-likeness (QED) is 0.591. The fourth-order valence-electron chi connectivity index (χ4n) is 3.11. The number of rotatable bonds is 3. The van der Waals surface area contributed by atoms with Crippen molar-refractivity contribution in [3.05, 3.63) is 59.6 Å². The fraction of sp³-hybridized carbons (Fsp3) is 0.0526. The monoisotopic (exact) mass is 364 g/mol. The lowest BCUT2D eigenvalue weighted by molar-refractivity contribution is 0.0690. The second-order valence-corrected chi connectivity index (χ2v) is 6.62. The molecule has 0 fully saturated rings. The second-order valence-electron chi connectivity index (χ2n) is 5.79. The molecule has 1 aliphatic heterocycles. The van der Waals surface area contributed by atoms with Crippen LogP contribution in [-0.2, 0) is 0 Å². The van der Waals surface area contributed by atoms with Crippen molar-refractivity contribution < 1.29 is 19.4 Å². The van der Waals surface area contributed by atoms with Crippen LogP contribution in [-0.4, -0.2) is 27.3 Å². The highest BCUT2D eigenvalue weighted by atomic mass is 32.1. The molecule has 0 unspecified atom stereocenters. The van der Waals surface area contributed by atoms with Crippen molar-refractivity contribution in [1.82, 2.24) is 9.38 Å². The molecule has 0 saturated heterocycles. The van der Waals surface area contributed by atoms with Gasteiger partial charge in [0.2, 0.25) is 6.79 Å². The minimum atomic E-state index is -1.02. The number of carboxylic acid groups (broad SMARTS) is 1. The lowest BCUT2D eigenvalue weighted by Crippen LogP contribution is -2.04. The molecule has 0 aliphatic carbocycles. The van der Waals surface area contributed by atoms with Gasteiger partial charge in [0.15, 0.2) is 22.2 Å². The number of aromatic nitrogens is 2. The summed E-state index contributed by atoms with van der Waals surface area (Å²) in [4.78, 5) is 17.2. The van der Waals surface area contributed by atoms with E-state index in [1.807, 2.05) is 53.9 Å². The molecule has 2 aromatic heterocycles. The van der Waals surface area contributed by atoms with E-state index >= 15 is 0 Å². The number of aromatic carboxylic acids is 1. The largest absolute Gasteiger partial charge is 0.476 e. The molecule has 0 radical (unpaired) electrons. The summed E-state index contributed by atoms with van der Waals surface area (Å²) >= 11 is 1.41. The van der Waals surface area contributed by atoms with E-state index in [1.165, 1.54) is 11.3 Å². The molecule has 2 aromatic carbocycles. The van der Waals surface area contributed by atoms with Gasteiger partial charge < -0.3 is 14.6 Å². The number of carbonyl (C=O) groups is 1. The highest BCUT2D eigenvalue weighted by Crippen LogP contribution is 2.38. The predicted molar refractivity (Wildman–Crippen MR) is 97.0 cm³/mol. The molecule has 0 atom stereocenters. The molecule has 128 valence electrons. The number of carboxylic acids is 1. The Hall–Kier alpha value is -3.32. The number of hydrogen-bond donors (Lipinski definition) is 1. The molecule has 4 aromatic rings. The number of ether oxygens (including phenoxy) is 2. The second kappa shape index (κ2) is 5.60. The van der Waals surface area contributed by atoms with Gasteiger partial charge in [0.25, 0.3) is 0 Å². The van der Waals surface area contributed by atoms with E-state index in [1.54, 1.807) is 4.40 Å². The molecule has 5 rings (SSSR count). The minimum Gasteiger partial charge on any atom is -0.476 e. The minimum absolute atomic E-state index is 0.153. The summed E-state index contributed by atoms with van der Waals surface area (Å²) in [5, 5.41) is 11.8. The van der Waals surface area contributed by atoms with Crippen LogP contribution in [0.1, 0.15) is 10.5 Å². The Morgan fingerprint density at radius 1 is 1.08 bits per heavy atom. The number of hydrogen-bond acceptors (Lipinski definition) is 5. The first-order chi connectivity index (χ1) is 12.7. The number of imidazole rings is 1. The van der Waals surface area contributed by atoms with Gasteiger partial charge in [0, 0.05) is 16.5 Å². The van der Waals surface area contributed by atoms with Crippen molar-refractivity contribution in [2.75, 3.05) is 6.79 Å². The zero-order chi connectivity index (χ0) is 17.7. The number of fused-ring (bicyclic) bond motifs is 2. The molecule has 0 saturated carbocycles. The molecule has 0 spiro atoms. The van der Waals surface area contributed by atoms with Gasteiger partial charge in [-0.15, -0.1) is 11.3 Å². The third-order valence-electron chi connectivity index (χ3n) is 4.28. The molecular weight excluding hydrogens is 352 g/mol. The van der Waals surface area contributed by atoms with E-state index in [2.05, 4.69) is 4.98 Å². The van der Waals surface area contributed by atoms with E-state index in [0.29, 0.717) is 22.2 Å². The van der Waals surface area contributed by atoms with Crippen LogP contribution in [0.5, 0.6) is 11.5 Å². The van der Waals surface area contributed by atoms with E-state index < -0.39 is 5.97 Å². The molecule has 6 nitrogen and oxygen atoms in total. The average Bonchev–Trinajstić information content (AvgIpc) is 3.35. The third-order valence-corrected chi connectivity index (χ3v) is 5.11. The molecule has 0 amide bonds. The summed E-state index contributed by atoms with van der Waals surface area (Å²) in [6.07, 6.45) is 0. The Morgan fingerprint density at radius 2 is 1.88 bits per heavy atom. The molecule has 3 heterocycles. The number of thiazole rings is 1. The van der Waals surface area contributed by atoms with Crippen LogP contribution in [0, 0.1) is 0 Å². The highest BCUT2D eigenvalue weighted by molar-refractivity contribution is 7.15. The lowest BCUT2D eigenvalue weighted by atomic mass is 10.1. The van der Waals surface area contributed by atoms with Gasteiger partial charge >= 0.3 is 5.97 Å². The summed E-state index contributed by atoms with van der Waals surface area (Å²) in [5.41, 5.74) is 3.00. The van der Waals surface area contributed by atoms with Crippen LogP contribution in [0.3, 0.4) is 0 Å². The van der Waals surface area contributed by atoms with Crippen LogP contribution in [0.2, 0.25) is 0 Å². The summed E-state index contributed by atoms with van der Waals surface area (Å²) in [6.45, 7) is 0.196. The van der Waals surface area contributed by atoms with Crippen LogP contribution in [0.25, 0.3) is 27.5 Å². The van der Waals surface area contributed by atoms with Gasteiger partial charge in [-0.3, -0.25) is 4.40 Å². The van der Waals surface area contributed by atoms with Gasteiger partial charge in [-0.25, -0.2) is 9.78 Å². The maximum absolute atomic E-state index is 12.0. The smallest absolute Gasteiger partial charge is 0.355 e. The Balaban J connectivity index is 1.75. The zero-order valence-electron chi connectivity index (χ0n) is 13.4. The van der Waals surface area contributed by atoms with Crippen molar-refractivity contribution in [3.63, 3.8) is 0 Å². The predicted octanol–water partition coefficient (Wildman–Crippen LogP) is 4.16. The summed E-state index contributed by atoms with van der Waals surface area (Å²) in [5.74, 6) is 0.327. The van der Waals surface area contributed by atoms with Gasteiger partial charge in [0.05, 0.1) is 5.69 Å². The summed E-state index contributed by atoms with van der Waals surface area (Å²) in [6, 6.07) is 14.9. The van der Waals surface area contributed by atoms with Crippen molar-refractivity contribution in [3.8, 4) is 34.0 Å². The highest BCUT2D eigenvalue weighted by Gasteiger charge is 2.24. The molecule has 7 heteroatoms. The first-order valence-electron chi connectivity index (χ1n) is 7.91.